The van der Waals surface area contributed by atoms with Gasteiger partial charge in [-0.25, -0.2) is 0 Å². The van der Waals surface area contributed by atoms with Crippen LogP contribution in [0.5, 0.6) is 17.2 Å². The zero-order chi connectivity index (χ0) is 17.2. The molecule has 2 aromatic carbocycles. The van der Waals surface area contributed by atoms with Gasteiger partial charge < -0.3 is 20.1 Å². The molecule has 2 aromatic rings. The van der Waals surface area contributed by atoms with Gasteiger partial charge in [0.05, 0.1) is 7.11 Å². The Balaban J connectivity index is 1.38. The monoisotopic (exact) mass is 338 g/mol. The Bertz CT molecular complexity index is 760. The summed E-state index contributed by atoms with van der Waals surface area (Å²) >= 11 is 0. The molecule has 0 radical (unpaired) electrons. The van der Waals surface area contributed by atoms with E-state index in [1.165, 1.54) is 6.42 Å². The van der Waals surface area contributed by atoms with E-state index in [4.69, 9.17) is 9.47 Å². The predicted molar refractivity (Wildman–Crippen MR) is 95.3 cm³/mol. The minimum absolute atomic E-state index is 0.00881. The van der Waals surface area contributed by atoms with Gasteiger partial charge in [-0.05, 0) is 55.2 Å². The molecule has 25 heavy (non-hydrogen) atoms. The lowest BCUT2D eigenvalue weighted by Crippen LogP contribution is -2.44. The quantitative estimate of drug-likeness (QED) is 0.880. The Hall–Kier alpha value is -2.53. The smallest absolute Gasteiger partial charge is 0.251 e. The Morgan fingerprint density at radius 2 is 1.88 bits per heavy atom. The summed E-state index contributed by atoms with van der Waals surface area (Å²) in [5.41, 5.74) is 0.661. The van der Waals surface area contributed by atoms with Crippen molar-refractivity contribution in [3.63, 3.8) is 0 Å². The molecule has 2 bridgehead atoms. The van der Waals surface area contributed by atoms with Crippen LogP contribution in [-0.2, 0) is 0 Å². The molecule has 2 N–H and O–H groups in total. The molecule has 5 nitrogen and oxygen atoms in total. The van der Waals surface area contributed by atoms with Crippen LogP contribution >= 0.6 is 0 Å². The highest BCUT2D eigenvalue weighted by Gasteiger charge is 2.40. The fraction of sp³-hybridized carbons (Fsp3) is 0.350. The average Bonchev–Trinajstić information content (AvgIpc) is 3.25. The summed E-state index contributed by atoms with van der Waals surface area (Å²) in [5, 5.41) is 6.64. The Labute approximate surface area is 147 Å². The molecule has 2 aliphatic rings. The molecule has 4 rings (SSSR count). The van der Waals surface area contributed by atoms with E-state index in [1.807, 2.05) is 36.4 Å². The molecular weight excluding hydrogens is 316 g/mol. The van der Waals surface area contributed by atoms with Crippen molar-refractivity contribution in [3.8, 4) is 17.2 Å². The molecule has 3 unspecified atom stereocenters. The maximum Gasteiger partial charge on any atom is 0.251 e. The average molecular weight is 338 g/mol. The number of hydrogen-bond acceptors (Lipinski definition) is 4. The van der Waals surface area contributed by atoms with Crippen LogP contribution < -0.4 is 20.1 Å². The first kappa shape index (κ1) is 16.0. The second kappa shape index (κ2) is 6.76. The Morgan fingerprint density at radius 1 is 1.08 bits per heavy atom. The summed E-state index contributed by atoms with van der Waals surface area (Å²) < 4.78 is 11.0. The van der Waals surface area contributed by atoms with Crippen LogP contribution in [0.3, 0.4) is 0 Å². The first-order chi connectivity index (χ1) is 12.2. The fourth-order valence-electron chi connectivity index (χ4n) is 3.74. The van der Waals surface area contributed by atoms with E-state index < -0.39 is 0 Å². The lowest BCUT2D eigenvalue weighted by atomic mass is 10.0. The molecule has 2 fully saturated rings. The third kappa shape index (κ3) is 3.46. The van der Waals surface area contributed by atoms with Crippen LogP contribution in [-0.4, -0.2) is 31.6 Å². The van der Waals surface area contributed by atoms with Crippen LogP contribution in [0.2, 0.25) is 0 Å². The van der Waals surface area contributed by atoms with Gasteiger partial charge in [0, 0.05) is 30.3 Å². The zero-order valence-electron chi connectivity index (χ0n) is 14.2. The Kier molecular flexibility index (Phi) is 4.32. The van der Waals surface area contributed by atoms with Gasteiger partial charge in [-0.15, -0.1) is 0 Å². The second-order valence-electron chi connectivity index (χ2n) is 6.72. The van der Waals surface area contributed by atoms with Crippen molar-refractivity contribution in [2.24, 2.45) is 5.92 Å². The van der Waals surface area contributed by atoms with Gasteiger partial charge >= 0.3 is 0 Å². The van der Waals surface area contributed by atoms with Crippen molar-refractivity contribution in [2.75, 3.05) is 13.7 Å². The van der Waals surface area contributed by atoms with Crippen LogP contribution in [0.4, 0.5) is 0 Å². The molecule has 1 aliphatic heterocycles. The van der Waals surface area contributed by atoms with Gasteiger partial charge in [0.1, 0.15) is 17.2 Å². The first-order valence-electron chi connectivity index (χ1n) is 8.67. The molecule has 1 heterocycles. The van der Waals surface area contributed by atoms with Gasteiger partial charge in [0.15, 0.2) is 0 Å². The summed E-state index contributed by atoms with van der Waals surface area (Å²) in [5.74, 6) is 2.70. The standard InChI is InChI=1S/C20H22N2O3/c1-24-17-3-2-4-18(11-17)25-16-7-5-13(6-8-16)20(23)22-19-10-15-9-14(19)12-21-15/h2-8,11,14-15,19,21H,9-10,12H2,1H3,(H,22,23). The van der Waals surface area contributed by atoms with Crippen LogP contribution in [0.25, 0.3) is 0 Å². The number of ether oxygens (including phenoxy) is 2. The SMILES string of the molecule is COc1cccc(Oc2ccc(C(=O)NC3CC4CC3CN4)cc2)c1. The van der Waals surface area contributed by atoms with Crippen molar-refractivity contribution < 1.29 is 14.3 Å². The summed E-state index contributed by atoms with van der Waals surface area (Å²) in [6.45, 7) is 1.02. The molecule has 0 spiro atoms. The number of hydrogen-bond donors (Lipinski definition) is 2. The lowest BCUT2D eigenvalue weighted by Gasteiger charge is -2.23. The summed E-state index contributed by atoms with van der Waals surface area (Å²) in [7, 11) is 1.62. The largest absolute Gasteiger partial charge is 0.497 e. The normalized spacial score (nSPS) is 24.1. The summed E-state index contributed by atoms with van der Waals surface area (Å²) in [4.78, 5) is 12.4. The van der Waals surface area contributed by atoms with E-state index in [0.29, 0.717) is 35.1 Å². The number of piperidine rings is 1. The van der Waals surface area contributed by atoms with Gasteiger partial charge in [0.2, 0.25) is 0 Å². The minimum atomic E-state index is -0.00881. The van der Waals surface area contributed by atoms with E-state index in [0.717, 1.165) is 18.7 Å². The molecule has 1 aliphatic carbocycles. The molecule has 130 valence electrons. The van der Waals surface area contributed by atoms with Gasteiger partial charge in [-0.2, -0.15) is 0 Å². The molecule has 3 atom stereocenters. The van der Waals surface area contributed by atoms with E-state index in [9.17, 15) is 4.79 Å². The number of carbonyl (C=O) groups excluding carboxylic acids is 1. The van der Waals surface area contributed by atoms with E-state index in [-0.39, 0.29) is 5.91 Å². The van der Waals surface area contributed by atoms with E-state index >= 15 is 0 Å². The zero-order valence-corrected chi connectivity index (χ0v) is 14.2. The molecule has 1 saturated carbocycles. The lowest BCUT2D eigenvalue weighted by molar-refractivity contribution is 0.0925. The first-order valence-corrected chi connectivity index (χ1v) is 8.67. The van der Waals surface area contributed by atoms with Gasteiger partial charge in [-0.1, -0.05) is 6.07 Å². The number of rotatable bonds is 5. The van der Waals surface area contributed by atoms with Crippen LogP contribution in [0, 0.1) is 5.92 Å². The molecular formula is C20H22N2O3. The maximum absolute atomic E-state index is 12.4. The van der Waals surface area contributed by atoms with Crippen LogP contribution in [0.1, 0.15) is 23.2 Å². The number of benzene rings is 2. The van der Waals surface area contributed by atoms with Gasteiger partial charge in [-0.3, -0.25) is 4.79 Å². The highest BCUT2D eigenvalue weighted by atomic mass is 16.5. The number of fused-ring (bicyclic) bond motifs is 2. The summed E-state index contributed by atoms with van der Waals surface area (Å²) in [6, 6.07) is 15.5. The fourth-order valence-corrected chi connectivity index (χ4v) is 3.74. The third-order valence-electron chi connectivity index (χ3n) is 5.07. The van der Waals surface area contributed by atoms with Crippen molar-refractivity contribution in [1.29, 1.82) is 0 Å². The van der Waals surface area contributed by atoms with Crippen molar-refractivity contribution in [2.45, 2.75) is 24.9 Å². The second-order valence-corrected chi connectivity index (χ2v) is 6.72. The highest BCUT2D eigenvalue weighted by Crippen LogP contribution is 2.31. The maximum atomic E-state index is 12.4. The van der Waals surface area contributed by atoms with E-state index in [2.05, 4.69) is 10.6 Å². The highest BCUT2D eigenvalue weighted by molar-refractivity contribution is 5.94. The number of amides is 1. The van der Waals surface area contributed by atoms with E-state index in [1.54, 1.807) is 19.2 Å². The number of methoxy groups -OCH3 is 1. The number of carbonyl (C=O) groups is 1. The van der Waals surface area contributed by atoms with Crippen LogP contribution in [0.15, 0.2) is 48.5 Å². The molecule has 5 heteroatoms. The summed E-state index contributed by atoms with van der Waals surface area (Å²) in [6.07, 6.45) is 2.21. The minimum Gasteiger partial charge on any atom is -0.497 e. The number of nitrogens with one attached hydrogen (secondary N) is 2. The van der Waals surface area contributed by atoms with Crippen molar-refractivity contribution >= 4 is 5.91 Å². The molecule has 1 amide bonds. The van der Waals surface area contributed by atoms with Crippen molar-refractivity contribution in [1.82, 2.24) is 10.6 Å². The molecule has 1 saturated heterocycles. The molecule has 0 aromatic heterocycles. The van der Waals surface area contributed by atoms with Crippen molar-refractivity contribution in [3.05, 3.63) is 54.1 Å². The van der Waals surface area contributed by atoms with Gasteiger partial charge in [0.25, 0.3) is 5.91 Å². The topological polar surface area (TPSA) is 59.6 Å². The predicted octanol–water partition coefficient (Wildman–Crippen LogP) is 2.97. The Morgan fingerprint density at radius 3 is 2.56 bits per heavy atom. The third-order valence-corrected chi connectivity index (χ3v) is 5.07.